The molecule has 0 aromatic heterocycles. The Morgan fingerprint density at radius 1 is 1.39 bits per heavy atom. The molecule has 0 bridgehead atoms. The molecule has 0 unspecified atom stereocenters. The molecule has 2 N–H and O–H groups in total. The summed E-state index contributed by atoms with van der Waals surface area (Å²) in [6, 6.07) is 6.94. The molecule has 1 aromatic carbocycles. The summed E-state index contributed by atoms with van der Waals surface area (Å²) in [5.74, 6) is -1.16. The van der Waals surface area contributed by atoms with E-state index in [0.29, 0.717) is 30.9 Å². The molecule has 1 amide bonds. The first kappa shape index (κ1) is 12.6. The summed E-state index contributed by atoms with van der Waals surface area (Å²) in [7, 11) is 0. The molecule has 0 radical (unpaired) electrons. The third kappa shape index (κ3) is 3.07. The minimum absolute atomic E-state index is 0.0996. The van der Waals surface area contributed by atoms with Gasteiger partial charge in [-0.15, -0.1) is 0 Å². The zero-order chi connectivity index (χ0) is 13.0. The zero-order valence-electron chi connectivity index (χ0n) is 9.89. The minimum atomic E-state index is -0.916. The van der Waals surface area contributed by atoms with Gasteiger partial charge >= 0.3 is 5.97 Å². The lowest BCUT2D eigenvalue weighted by Crippen LogP contribution is -2.23. The number of benzene rings is 1. The van der Waals surface area contributed by atoms with Crippen LogP contribution < -0.4 is 5.32 Å². The summed E-state index contributed by atoms with van der Waals surface area (Å²) in [5, 5.41) is 11.6. The number of rotatable bonds is 4. The van der Waals surface area contributed by atoms with Gasteiger partial charge in [-0.2, -0.15) is 0 Å². The van der Waals surface area contributed by atoms with Gasteiger partial charge in [-0.25, -0.2) is 0 Å². The third-order valence-corrected chi connectivity index (χ3v) is 2.92. The number of carboxylic acids is 1. The van der Waals surface area contributed by atoms with E-state index in [4.69, 9.17) is 9.84 Å². The average Bonchev–Trinajstić information content (AvgIpc) is 2.84. The first-order valence-corrected chi connectivity index (χ1v) is 5.85. The summed E-state index contributed by atoms with van der Waals surface area (Å²) >= 11 is 0. The van der Waals surface area contributed by atoms with E-state index in [1.807, 2.05) is 0 Å². The Bertz CT molecular complexity index is 452. The van der Waals surface area contributed by atoms with Crippen LogP contribution in [0.4, 0.5) is 5.69 Å². The lowest BCUT2D eigenvalue weighted by Gasteiger charge is -2.12. The van der Waals surface area contributed by atoms with Crippen molar-refractivity contribution in [3.63, 3.8) is 0 Å². The van der Waals surface area contributed by atoms with Crippen LogP contribution in [0.15, 0.2) is 24.3 Å². The van der Waals surface area contributed by atoms with Crippen molar-refractivity contribution in [1.82, 2.24) is 0 Å². The number of carbonyl (C=O) groups is 2. The second-order valence-corrected chi connectivity index (χ2v) is 4.28. The molecule has 1 aliphatic rings. The number of hydrogen-bond donors (Lipinski definition) is 2. The van der Waals surface area contributed by atoms with Crippen LogP contribution in [0.1, 0.15) is 12.0 Å². The van der Waals surface area contributed by atoms with Crippen molar-refractivity contribution in [1.29, 1.82) is 0 Å². The summed E-state index contributed by atoms with van der Waals surface area (Å²) in [6.45, 7) is 1.04. The fraction of sp³-hybridized carbons (Fsp3) is 0.385. The largest absolute Gasteiger partial charge is 0.481 e. The standard InChI is InChI=1S/C13H15NO4/c15-12(16)7-9-3-1-2-4-11(9)14-13(17)10-5-6-18-8-10/h1-4,10H,5-8H2,(H,14,17)(H,15,16)/t10-/m1/s1. The van der Waals surface area contributed by atoms with E-state index in [1.165, 1.54) is 0 Å². The topological polar surface area (TPSA) is 75.6 Å². The molecule has 1 heterocycles. The van der Waals surface area contributed by atoms with Gasteiger partial charge in [-0.3, -0.25) is 9.59 Å². The number of amides is 1. The van der Waals surface area contributed by atoms with Gasteiger partial charge in [0.2, 0.25) is 5.91 Å². The normalized spacial score (nSPS) is 18.6. The second-order valence-electron chi connectivity index (χ2n) is 4.28. The summed E-state index contributed by atoms with van der Waals surface area (Å²) in [4.78, 5) is 22.6. The predicted octanol–water partition coefficient (Wildman–Crippen LogP) is 1.29. The van der Waals surface area contributed by atoms with Gasteiger partial charge in [0.25, 0.3) is 0 Å². The highest BCUT2D eigenvalue weighted by atomic mass is 16.5. The van der Waals surface area contributed by atoms with Crippen LogP contribution in [0, 0.1) is 5.92 Å². The summed E-state index contributed by atoms with van der Waals surface area (Å²) in [6.07, 6.45) is 0.616. The fourth-order valence-electron chi connectivity index (χ4n) is 1.94. The molecule has 1 aromatic rings. The van der Waals surface area contributed by atoms with E-state index in [1.54, 1.807) is 24.3 Å². The number of aliphatic carboxylic acids is 1. The number of nitrogens with one attached hydrogen (secondary N) is 1. The van der Waals surface area contributed by atoms with Crippen LogP contribution in [0.5, 0.6) is 0 Å². The van der Waals surface area contributed by atoms with Crippen LogP contribution in [0.25, 0.3) is 0 Å². The van der Waals surface area contributed by atoms with Crippen molar-refractivity contribution < 1.29 is 19.4 Å². The van der Waals surface area contributed by atoms with Gasteiger partial charge in [-0.05, 0) is 18.1 Å². The van der Waals surface area contributed by atoms with Gasteiger partial charge in [-0.1, -0.05) is 18.2 Å². The highest BCUT2D eigenvalue weighted by molar-refractivity contribution is 5.94. The molecule has 0 saturated carbocycles. The molecule has 1 fully saturated rings. The monoisotopic (exact) mass is 249 g/mol. The van der Waals surface area contributed by atoms with Gasteiger partial charge in [0, 0.05) is 12.3 Å². The molecule has 1 atom stereocenters. The van der Waals surface area contributed by atoms with E-state index in [-0.39, 0.29) is 18.2 Å². The van der Waals surface area contributed by atoms with Crippen molar-refractivity contribution in [3.8, 4) is 0 Å². The van der Waals surface area contributed by atoms with E-state index >= 15 is 0 Å². The third-order valence-electron chi connectivity index (χ3n) is 2.92. The van der Waals surface area contributed by atoms with Crippen LogP contribution in [-0.4, -0.2) is 30.2 Å². The fourth-order valence-corrected chi connectivity index (χ4v) is 1.94. The van der Waals surface area contributed by atoms with E-state index in [2.05, 4.69) is 5.32 Å². The maximum Gasteiger partial charge on any atom is 0.307 e. The highest BCUT2D eigenvalue weighted by Gasteiger charge is 2.24. The first-order chi connectivity index (χ1) is 8.66. The molecular formula is C13H15NO4. The summed E-state index contributed by atoms with van der Waals surface area (Å²) in [5.41, 5.74) is 1.18. The number of hydrogen-bond acceptors (Lipinski definition) is 3. The molecule has 5 nitrogen and oxygen atoms in total. The molecule has 1 saturated heterocycles. The molecule has 5 heteroatoms. The Labute approximate surface area is 105 Å². The van der Waals surface area contributed by atoms with Gasteiger partial charge in [0.05, 0.1) is 18.9 Å². The molecule has 1 aliphatic heterocycles. The van der Waals surface area contributed by atoms with Crippen molar-refractivity contribution in [2.75, 3.05) is 18.5 Å². The predicted molar refractivity (Wildman–Crippen MR) is 65.3 cm³/mol. The van der Waals surface area contributed by atoms with Crippen LogP contribution >= 0.6 is 0 Å². The van der Waals surface area contributed by atoms with E-state index < -0.39 is 5.97 Å². The Kier molecular flexibility index (Phi) is 3.94. The Hall–Kier alpha value is -1.88. The number of para-hydroxylation sites is 1. The van der Waals surface area contributed by atoms with Crippen LogP contribution in [0.3, 0.4) is 0 Å². The smallest absolute Gasteiger partial charge is 0.307 e. The van der Waals surface area contributed by atoms with Crippen molar-refractivity contribution in [2.24, 2.45) is 5.92 Å². The average molecular weight is 249 g/mol. The lowest BCUT2D eigenvalue weighted by atomic mass is 10.1. The highest BCUT2D eigenvalue weighted by Crippen LogP contribution is 2.19. The minimum Gasteiger partial charge on any atom is -0.481 e. The summed E-state index contributed by atoms with van der Waals surface area (Å²) < 4.78 is 5.16. The molecular weight excluding hydrogens is 234 g/mol. The van der Waals surface area contributed by atoms with Crippen LogP contribution in [-0.2, 0) is 20.7 Å². The molecule has 96 valence electrons. The SMILES string of the molecule is O=C(O)Cc1ccccc1NC(=O)[C@@H]1CCOC1. The molecule has 0 aliphatic carbocycles. The number of carbonyl (C=O) groups excluding carboxylic acids is 1. The van der Waals surface area contributed by atoms with Crippen LogP contribution in [0.2, 0.25) is 0 Å². The molecule has 0 spiro atoms. The van der Waals surface area contributed by atoms with Gasteiger partial charge < -0.3 is 15.2 Å². The van der Waals surface area contributed by atoms with E-state index in [9.17, 15) is 9.59 Å². The molecule has 18 heavy (non-hydrogen) atoms. The Morgan fingerprint density at radius 3 is 2.83 bits per heavy atom. The molecule has 2 rings (SSSR count). The Balaban J connectivity index is 2.07. The zero-order valence-corrected chi connectivity index (χ0v) is 9.89. The maximum atomic E-state index is 11.9. The number of carboxylic acid groups (broad SMARTS) is 1. The van der Waals surface area contributed by atoms with E-state index in [0.717, 1.165) is 0 Å². The van der Waals surface area contributed by atoms with Gasteiger partial charge in [0.1, 0.15) is 0 Å². The Morgan fingerprint density at radius 2 is 2.17 bits per heavy atom. The lowest BCUT2D eigenvalue weighted by molar-refractivity contribution is -0.136. The van der Waals surface area contributed by atoms with Crippen molar-refractivity contribution in [3.05, 3.63) is 29.8 Å². The first-order valence-electron chi connectivity index (χ1n) is 5.85. The van der Waals surface area contributed by atoms with Gasteiger partial charge in [0.15, 0.2) is 0 Å². The number of anilines is 1. The number of ether oxygens (including phenoxy) is 1. The maximum absolute atomic E-state index is 11.9. The van der Waals surface area contributed by atoms with Crippen molar-refractivity contribution >= 4 is 17.6 Å². The van der Waals surface area contributed by atoms with Crippen molar-refractivity contribution in [2.45, 2.75) is 12.8 Å². The quantitative estimate of drug-likeness (QED) is 0.843. The second kappa shape index (κ2) is 5.64.